The van der Waals surface area contributed by atoms with E-state index < -0.39 is 0 Å². The van der Waals surface area contributed by atoms with Gasteiger partial charge in [0.1, 0.15) is 5.82 Å². The second kappa shape index (κ2) is 2.63. The van der Waals surface area contributed by atoms with Crippen molar-refractivity contribution in [2.75, 3.05) is 0 Å². The highest BCUT2D eigenvalue weighted by Gasteiger charge is 1.99. The van der Waals surface area contributed by atoms with E-state index in [1.165, 1.54) is 12.1 Å². The third-order valence-electron chi connectivity index (χ3n) is 1.91. The predicted molar refractivity (Wildman–Crippen MR) is 47.3 cm³/mol. The molecule has 12 heavy (non-hydrogen) atoms. The third-order valence-corrected chi connectivity index (χ3v) is 1.91. The lowest BCUT2D eigenvalue weighted by Crippen LogP contribution is -1.73. The quantitative estimate of drug-likeness (QED) is 0.663. The van der Waals surface area contributed by atoms with Crippen LogP contribution in [0.3, 0.4) is 0 Å². The lowest BCUT2D eigenvalue weighted by Gasteiger charge is -1.87. The summed E-state index contributed by atoms with van der Waals surface area (Å²) in [5.74, 6) is -0.191. The molecule has 0 amide bonds. The Balaban J connectivity index is 2.67. The number of aromatic nitrogens is 1. The number of benzene rings is 1. The number of hydrogen-bond acceptors (Lipinski definition) is 0. The first-order valence-electron chi connectivity index (χ1n) is 3.87. The zero-order chi connectivity index (χ0) is 8.55. The van der Waals surface area contributed by atoms with E-state index >= 15 is 0 Å². The third kappa shape index (κ3) is 1.09. The first kappa shape index (κ1) is 7.35. The molecule has 0 fully saturated rings. The molecule has 2 aromatic rings. The number of H-pyrrole nitrogens is 1. The summed E-state index contributed by atoms with van der Waals surface area (Å²) in [5, 5.41) is 0.920. The number of aromatic amines is 1. The van der Waals surface area contributed by atoms with Crippen LogP contribution in [0.2, 0.25) is 0 Å². The van der Waals surface area contributed by atoms with E-state index in [1.807, 2.05) is 19.4 Å². The number of rotatable bonds is 1. The molecule has 0 saturated heterocycles. The molecule has 0 aliphatic heterocycles. The Morgan fingerprint density at radius 1 is 1.33 bits per heavy atom. The molecule has 61 valence electrons. The Morgan fingerprint density at radius 3 is 2.92 bits per heavy atom. The molecule has 1 aromatic carbocycles. The van der Waals surface area contributed by atoms with Crippen LogP contribution in [0.25, 0.3) is 10.9 Å². The van der Waals surface area contributed by atoms with Crippen molar-refractivity contribution in [1.82, 2.24) is 4.98 Å². The first-order chi connectivity index (χ1) is 5.79. The SMILES string of the molecule is C[CH]c1cc2cc(F)ccc2[nH]1. The summed E-state index contributed by atoms with van der Waals surface area (Å²) in [6, 6.07) is 6.66. The van der Waals surface area contributed by atoms with E-state index in [0.29, 0.717) is 0 Å². The maximum atomic E-state index is 12.7. The molecule has 1 heterocycles. The lowest BCUT2D eigenvalue weighted by atomic mass is 10.2. The highest BCUT2D eigenvalue weighted by molar-refractivity contribution is 5.80. The molecule has 2 rings (SSSR count). The second-order valence-electron chi connectivity index (χ2n) is 2.74. The van der Waals surface area contributed by atoms with Crippen LogP contribution in [0.4, 0.5) is 4.39 Å². The standard InChI is InChI=1S/C10H9FN/c1-2-9-6-7-5-8(11)3-4-10(7)12-9/h2-6,12H,1H3. The fourth-order valence-electron chi connectivity index (χ4n) is 1.28. The van der Waals surface area contributed by atoms with Gasteiger partial charge in [0.25, 0.3) is 0 Å². The molecular formula is C10H9FN. The molecule has 0 aliphatic carbocycles. The molecule has 0 saturated carbocycles. The lowest BCUT2D eigenvalue weighted by molar-refractivity contribution is 0.630. The van der Waals surface area contributed by atoms with Crippen LogP contribution >= 0.6 is 0 Å². The summed E-state index contributed by atoms with van der Waals surface area (Å²) in [6.07, 6.45) is 1.96. The van der Waals surface area contributed by atoms with Crippen LogP contribution in [0.5, 0.6) is 0 Å². The molecule has 1 nitrogen and oxygen atoms in total. The summed E-state index contributed by atoms with van der Waals surface area (Å²) in [4.78, 5) is 3.15. The van der Waals surface area contributed by atoms with Gasteiger partial charge in [0, 0.05) is 23.0 Å². The van der Waals surface area contributed by atoms with Crippen LogP contribution < -0.4 is 0 Å². The summed E-state index contributed by atoms with van der Waals surface area (Å²) in [6.45, 7) is 1.95. The minimum atomic E-state index is -0.191. The Bertz CT molecular complexity index is 403. The molecule has 0 aliphatic rings. The maximum Gasteiger partial charge on any atom is 0.123 e. The highest BCUT2D eigenvalue weighted by atomic mass is 19.1. The van der Waals surface area contributed by atoms with E-state index in [9.17, 15) is 4.39 Å². The Labute approximate surface area is 70.2 Å². The Morgan fingerprint density at radius 2 is 2.17 bits per heavy atom. The average molecular weight is 162 g/mol. The Hall–Kier alpha value is -1.31. The van der Waals surface area contributed by atoms with Gasteiger partial charge in [-0.3, -0.25) is 0 Å². The van der Waals surface area contributed by atoms with E-state index in [-0.39, 0.29) is 5.82 Å². The van der Waals surface area contributed by atoms with Gasteiger partial charge in [-0.25, -0.2) is 4.39 Å². The van der Waals surface area contributed by atoms with Gasteiger partial charge in [0.15, 0.2) is 0 Å². The molecule has 2 heteroatoms. The molecular weight excluding hydrogens is 153 g/mol. The number of fused-ring (bicyclic) bond motifs is 1. The molecule has 0 atom stereocenters. The summed E-state index contributed by atoms with van der Waals surface area (Å²) < 4.78 is 12.7. The number of hydrogen-bond donors (Lipinski definition) is 1. The summed E-state index contributed by atoms with van der Waals surface area (Å²) >= 11 is 0. The topological polar surface area (TPSA) is 15.8 Å². The van der Waals surface area contributed by atoms with E-state index in [2.05, 4.69) is 4.98 Å². The largest absolute Gasteiger partial charge is 0.358 e. The smallest absolute Gasteiger partial charge is 0.123 e. The van der Waals surface area contributed by atoms with E-state index in [0.717, 1.165) is 16.6 Å². The van der Waals surface area contributed by atoms with Crippen LogP contribution in [0.1, 0.15) is 12.6 Å². The van der Waals surface area contributed by atoms with E-state index in [1.54, 1.807) is 6.07 Å². The highest BCUT2D eigenvalue weighted by Crippen LogP contribution is 2.17. The fraction of sp³-hybridized carbons (Fsp3) is 0.100. The van der Waals surface area contributed by atoms with Gasteiger partial charge < -0.3 is 4.98 Å². The van der Waals surface area contributed by atoms with Crippen LogP contribution in [0.15, 0.2) is 24.3 Å². The molecule has 1 N–H and O–H groups in total. The van der Waals surface area contributed by atoms with E-state index in [4.69, 9.17) is 0 Å². The van der Waals surface area contributed by atoms with Crippen molar-refractivity contribution in [2.24, 2.45) is 0 Å². The van der Waals surface area contributed by atoms with Crippen molar-refractivity contribution < 1.29 is 4.39 Å². The van der Waals surface area contributed by atoms with Crippen LogP contribution in [0, 0.1) is 12.2 Å². The van der Waals surface area contributed by atoms with Crippen molar-refractivity contribution >= 4 is 10.9 Å². The van der Waals surface area contributed by atoms with Gasteiger partial charge in [-0.15, -0.1) is 0 Å². The van der Waals surface area contributed by atoms with Crippen molar-refractivity contribution in [3.05, 3.63) is 42.2 Å². The maximum absolute atomic E-state index is 12.7. The van der Waals surface area contributed by atoms with Gasteiger partial charge in [-0.1, -0.05) is 6.92 Å². The van der Waals surface area contributed by atoms with Gasteiger partial charge in [0.05, 0.1) is 0 Å². The van der Waals surface area contributed by atoms with Crippen LogP contribution in [-0.2, 0) is 0 Å². The van der Waals surface area contributed by atoms with Crippen molar-refractivity contribution in [3.63, 3.8) is 0 Å². The summed E-state index contributed by atoms with van der Waals surface area (Å²) in [7, 11) is 0. The van der Waals surface area contributed by atoms with Gasteiger partial charge in [-0.2, -0.15) is 0 Å². The molecule has 1 radical (unpaired) electrons. The van der Waals surface area contributed by atoms with Crippen molar-refractivity contribution in [3.8, 4) is 0 Å². The number of nitrogens with one attached hydrogen (secondary N) is 1. The monoisotopic (exact) mass is 162 g/mol. The molecule has 0 spiro atoms. The predicted octanol–water partition coefficient (Wildman–Crippen LogP) is 2.88. The molecule has 0 unspecified atom stereocenters. The zero-order valence-electron chi connectivity index (χ0n) is 6.76. The minimum absolute atomic E-state index is 0.191. The number of halogens is 1. The van der Waals surface area contributed by atoms with Gasteiger partial charge >= 0.3 is 0 Å². The molecule has 1 aromatic heterocycles. The van der Waals surface area contributed by atoms with Crippen molar-refractivity contribution in [1.29, 1.82) is 0 Å². The Kier molecular flexibility index (Phi) is 1.61. The minimum Gasteiger partial charge on any atom is -0.358 e. The summed E-state index contributed by atoms with van der Waals surface area (Å²) in [5.41, 5.74) is 2.00. The van der Waals surface area contributed by atoms with Gasteiger partial charge in [0.2, 0.25) is 0 Å². The first-order valence-corrected chi connectivity index (χ1v) is 3.87. The second-order valence-corrected chi connectivity index (χ2v) is 2.74. The normalized spacial score (nSPS) is 10.8. The average Bonchev–Trinajstić information content (AvgIpc) is 2.46. The molecule has 0 bridgehead atoms. The van der Waals surface area contributed by atoms with Crippen molar-refractivity contribution in [2.45, 2.75) is 6.92 Å². The zero-order valence-corrected chi connectivity index (χ0v) is 6.76. The van der Waals surface area contributed by atoms with Gasteiger partial charge in [-0.05, 0) is 24.3 Å². The fourth-order valence-corrected chi connectivity index (χ4v) is 1.28. The van der Waals surface area contributed by atoms with Crippen LogP contribution in [-0.4, -0.2) is 4.98 Å².